The lowest BCUT2D eigenvalue weighted by Gasteiger charge is -2.18. The van der Waals surface area contributed by atoms with E-state index in [-0.39, 0.29) is 0 Å². The van der Waals surface area contributed by atoms with Crippen molar-refractivity contribution < 1.29 is 0 Å². The van der Waals surface area contributed by atoms with Gasteiger partial charge < -0.3 is 10.6 Å². The van der Waals surface area contributed by atoms with Gasteiger partial charge in [0.2, 0.25) is 0 Å². The van der Waals surface area contributed by atoms with Crippen LogP contribution in [0.25, 0.3) is 0 Å². The van der Waals surface area contributed by atoms with Crippen LogP contribution < -0.4 is 10.6 Å². The number of nitrogens with two attached hydrogens (primary N) is 1. The van der Waals surface area contributed by atoms with Crippen molar-refractivity contribution in [2.75, 3.05) is 10.6 Å². The SMILES string of the molecule is Nc1cccc2c1CN(c1ccccc1Cl)C2. The summed E-state index contributed by atoms with van der Waals surface area (Å²) in [5, 5.41) is 0.791. The minimum atomic E-state index is 0.791. The molecule has 3 rings (SSSR count). The fourth-order valence-electron chi connectivity index (χ4n) is 2.33. The van der Waals surface area contributed by atoms with Crippen molar-refractivity contribution in [1.29, 1.82) is 0 Å². The Morgan fingerprint density at radius 2 is 1.82 bits per heavy atom. The summed E-state index contributed by atoms with van der Waals surface area (Å²) in [4.78, 5) is 2.25. The zero-order valence-electron chi connectivity index (χ0n) is 9.36. The van der Waals surface area contributed by atoms with Crippen molar-refractivity contribution in [3.8, 4) is 0 Å². The van der Waals surface area contributed by atoms with Gasteiger partial charge in [-0.25, -0.2) is 0 Å². The molecule has 2 nitrogen and oxygen atoms in total. The molecule has 2 aromatic carbocycles. The first-order valence-corrected chi connectivity index (χ1v) is 5.99. The predicted molar refractivity (Wildman–Crippen MR) is 72.2 cm³/mol. The number of benzene rings is 2. The second kappa shape index (κ2) is 3.97. The molecule has 0 radical (unpaired) electrons. The second-order valence-corrected chi connectivity index (χ2v) is 4.70. The largest absolute Gasteiger partial charge is 0.398 e. The van der Waals surface area contributed by atoms with Crippen LogP contribution >= 0.6 is 11.6 Å². The summed E-state index contributed by atoms with van der Waals surface area (Å²) >= 11 is 6.21. The molecule has 0 aromatic heterocycles. The molecule has 1 aliphatic rings. The average molecular weight is 245 g/mol. The van der Waals surface area contributed by atoms with Gasteiger partial charge in [0.1, 0.15) is 0 Å². The van der Waals surface area contributed by atoms with Crippen molar-refractivity contribution in [3.05, 3.63) is 58.6 Å². The van der Waals surface area contributed by atoms with Crippen molar-refractivity contribution in [2.45, 2.75) is 13.1 Å². The topological polar surface area (TPSA) is 29.3 Å². The van der Waals surface area contributed by atoms with E-state index in [9.17, 15) is 0 Å². The van der Waals surface area contributed by atoms with Crippen molar-refractivity contribution in [3.63, 3.8) is 0 Å². The van der Waals surface area contributed by atoms with Crippen LogP contribution in [0.4, 0.5) is 11.4 Å². The lowest BCUT2D eigenvalue weighted by atomic mass is 10.1. The van der Waals surface area contributed by atoms with Gasteiger partial charge >= 0.3 is 0 Å². The zero-order valence-corrected chi connectivity index (χ0v) is 10.1. The second-order valence-electron chi connectivity index (χ2n) is 4.29. The zero-order chi connectivity index (χ0) is 11.8. The maximum Gasteiger partial charge on any atom is 0.0639 e. The Labute approximate surface area is 106 Å². The van der Waals surface area contributed by atoms with Gasteiger partial charge in [-0.2, -0.15) is 0 Å². The summed E-state index contributed by atoms with van der Waals surface area (Å²) in [6, 6.07) is 14.0. The molecule has 17 heavy (non-hydrogen) atoms. The molecule has 2 N–H and O–H groups in total. The predicted octanol–water partition coefficient (Wildman–Crippen LogP) is 3.44. The van der Waals surface area contributed by atoms with E-state index in [1.54, 1.807) is 0 Å². The molecule has 0 amide bonds. The van der Waals surface area contributed by atoms with E-state index in [0.717, 1.165) is 29.5 Å². The average Bonchev–Trinajstić information content (AvgIpc) is 2.75. The molecule has 3 heteroatoms. The van der Waals surface area contributed by atoms with Gasteiger partial charge in [-0.15, -0.1) is 0 Å². The fraction of sp³-hybridized carbons (Fsp3) is 0.143. The van der Waals surface area contributed by atoms with Crippen molar-refractivity contribution in [2.24, 2.45) is 0 Å². The number of nitrogen functional groups attached to an aromatic ring is 1. The number of hydrogen-bond donors (Lipinski definition) is 1. The molecule has 0 aliphatic carbocycles. The number of hydrogen-bond acceptors (Lipinski definition) is 2. The monoisotopic (exact) mass is 244 g/mol. The van der Waals surface area contributed by atoms with Crippen LogP contribution in [0.5, 0.6) is 0 Å². The Bertz CT molecular complexity index is 566. The highest BCUT2D eigenvalue weighted by Crippen LogP contribution is 2.34. The van der Waals surface area contributed by atoms with Gasteiger partial charge in [-0.1, -0.05) is 35.9 Å². The van der Waals surface area contributed by atoms with Gasteiger partial charge in [-0.05, 0) is 29.3 Å². The highest BCUT2D eigenvalue weighted by molar-refractivity contribution is 6.33. The molecule has 1 aliphatic heterocycles. The van der Waals surface area contributed by atoms with Crippen LogP contribution in [0.15, 0.2) is 42.5 Å². The van der Waals surface area contributed by atoms with Gasteiger partial charge in [0.15, 0.2) is 0 Å². The Balaban J connectivity index is 1.97. The lowest BCUT2D eigenvalue weighted by Crippen LogP contribution is -2.14. The Kier molecular flexibility index (Phi) is 2.45. The summed E-state index contributed by atoms with van der Waals surface area (Å²) in [5.74, 6) is 0. The molecule has 2 aromatic rings. The minimum Gasteiger partial charge on any atom is -0.398 e. The highest BCUT2D eigenvalue weighted by atomic mass is 35.5. The van der Waals surface area contributed by atoms with Crippen LogP contribution in [-0.4, -0.2) is 0 Å². The summed E-state index contributed by atoms with van der Waals surface area (Å²) in [6.07, 6.45) is 0. The molecular formula is C14H13ClN2. The molecule has 0 atom stereocenters. The van der Waals surface area contributed by atoms with E-state index in [2.05, 4.69) is 11.0 Å². The maximum atomic E-state index is 6.21. The number of anilines is 2. The smallest absolute Gasteiger partial charge is 0.0639 e. The molecular weight excluding hydrogens is 232 g/mol. The summed E-state index contributed by atoms with van der Waals surface area (Å²) in [7, 11) is 0. The number of para-hydroxylation sites is 1. The quantitative estimate of drug-likeness (QED) is 0.779. The molecule has 0 saturated carbocycles. The van der Waals surface area contributed by atoms with E-state index in [4.69, 9.17) is 17.3 Å². The molecule has 1 heterocycles. The molecule has 0 bridgehead atoms. The number of halogens is 1. The first-order chi connectivity index (χ1) is 8.25. The van der Waals surface area contributed by atoms with Crippen molar-refractivity contribution in [1.82, 2.24) is 0 Å². The van der Waals surface area contributed by atoms with Gasteiger partial charge in [0, 0.05) is 18.8 Å². The summed E-state index contributed by atoms with van der Waals surface area (Å²) in [5.41, 5.74) is 10.5. The summed E-state index contributed by atoms with van der Waals surface area (Å²) in [6.45, 7) is 1.72. The maximum absolute atomic E-state index is 6.21. The minimum absolute atomic E-state index is 0.791. The van der Waals surface area contributed by atoms with E-state index < -0.39 is 0 Å². The van der Waals surface area contributed by atoms with E-state index in [1.807, 2.05) is 36.4 Å². The van der Waals surface area contributed by atoms with Gasteiger partial charge in [-0.3, -0.25) is 0 Å². The van der Waals surface area contributed by atoms with Crippen LogP contribution in [0.2, 0.25) is 5.02 Å². The highest BCUT2D eigenvalue weighted by Gasteiger charge is 2.21. The normalized spacial score (nSPS) is 13.8. The van der Waals surface area contributed by atoms with Crippen molar-refractivity contribution >= 4 is 23.0 Å². The molecule has 0 unspecified atom stereocenters. The summed E-state index contributed by atoms with van der Waals surface area (Å²) < 4.78 is 0. The van der Waals surface area contributed by atoms with E-state index in [1.165, 1.54) is 11.1 Å². The molecule has 0 spiro atoms. The number of rotatable bonds is 1. The van der Waals surface area contributed by atoms with E-state index in [0.29, 0.717) is 0 Å². The van der Waals surface area contributed by atoms with Gasteiger partial charge in [0.05, 0.1) is 10.7 Å². The first-order valence-electron chi connectivity index (χ1n) is 5.61. The Morgan fingerprint density at radius 1 is 1.00 bits per heavy atom. The van der Waals surface area contributed by atoms with Crippen LogP contribution in [0, 0.1) is 0 Å². The standard InChI is InChI=1S/C14H13ClN2/c15-12-5-1-2-7-14(12)17-8-10-4-3-6-13(16)11(10)9-17/h1-7H,8-9,16H2. The third kappa shape index (κ3) is 1.75. The third-order valence-corrected chi connectivity index (χ3v) is 3.53. The van der Waals surface area contributed by atoms with Crippen LogP contribution in [0.1, 0.15) is 11.1 Å². The Hall–Kier alpha value is -1.67. The van der Waals surface area contributed by atoms with Crippen LogP contribution in [-0.2, 0) is 13.1 Å². The first kappa shape index (κ1) is 10.5. The molecule has 0 fully saturated rings. The van der Waals surface area contributed by atoms with E-state index >= 15 is 0 Å². The molecule has 0 saturated heterocycles. The number of nitrogens with zero attached hydrogens (tertiary/aromatic N) is 1. The van der Waals surface area contributed by atoms with Gasteiger partial charge in [0.25, 0.3) is 0 Å². The van der Waals surface area contributed by atoms with Crippen LogP contribution in [0.3, 0.4) is 0 Å². The lowest BCUT2D eigenvalue weighted by molar-refractivity contribution is 0.881. The third-order valence-electron chi connectivity index (χ3n) is 3.21. The molecule has 86 valence electrons. The number of fused-ring (bicyclic) bond motifs is 1. The Morgan fingerprint density at radius 3 is 2.59 bits per heavy atom. The fourth-order valence-corrected chi connectivity index (χ4v) is 2.58.